The van der Waals surface area contributed by atoms with Gasteiger partial charge in [-0.2, -0.15) is 0 Å². The smallest absolute Gasteiger partial charge is 0.293 e. The Hall–Kier alpha value is -2.76. The Morgan fingerprint density at radius 3 is 2.68 bits per heavy atom. The fourth-order valence-corrected chi connectivity index (χ4v) is 3.76. The van der Waals surface area contributed by atoms with E-state index in [1.807, 2.05) is 12.1 Å². The average Bonchev–Trinajstić information content (AvgIpc) is 3.21. The number of hydrogen-bond acceptors (Lipinski definition) is 3. The number of furan rings is 1. The van der Waals surface area contributed by atoms with Crippen molar-refractivity contribution in [3.05, 3.63) is 81.7 Å². The molecule has 1 N–H and O–H groups in total. The van der Waals surface area contributed by atoms with Crippen molar-refractivity contribution in [2.45, 2.75) is 12.8 Å². The van der Waals surface area contributed by atoms with Crippen LogP contribution in [0.2, 0.25) is 10.0 Å². The summed E-state index contributed by atoms with van der Waals surface area (Å²) in [6, 6.07) is 13.6. The van der Waals surface area contributed by atoms with Crippen LogP contribution in [0.5, 0.6) is 0 Å². The zero-order chi connectivity index (χ0) is 19.7. The van der Waals surface area contributed by atoms with Crippen molar-refractivity contribution in [3.8, 4) is 0 Å². The lowest BCUT2D eigenvalue weighted by Gasteiger charge is -2.29. The highest BCUT2D eigenvalue weighted by molar-refractivity contribution is 6.37. The number of benzene rings is 2. The molecule has 0 saturated carbocycles. The number of carbonyl (C=O) groups excluding carboxylic acids is 2. The average molecular weight is 415 g/mol. The molecule has 28 heavy (non-hydrogen) atoms. The number of rotatable bonds is 3. The van der Waals surface area contributed by atoms with E-state index in [1.165, 1.54) is 12.3 Å². The van der Waals surface area contributed by atoms with Crippen LogP contribution in [-0.4, -0.2) is 18.4 Å². The summed E-state index contributed by atoms with van der Waals surface area (Å²) >= 11 is 12.0. The van der Waals surface area contributed by atoms with Crippen molar-refractivity contribution < 1.29 is 14.0 Å². The summed E-state index contributed by atoms with van der Waals surface area (Å²) < 4.78 is 5.25. The van der Waals surface area contributed by atoms with Crippen LogP contribution >= 0.6 is 23.2 Å². The lowest BCUT2D eigenvalue weighted by atomic mass is 10.0. The molecule has 3 aromatic rings. The molecule has 2 heterocycles. The van der Waals surface area contributed by atoms with E-state index < -0.39 is 0 Å². The Kier molecular flexibility index (Phi) is 5.11. The third-order valence-electron chi connectivity index (χ3n) is 4.61. The van der Waals surface area contributed by atoms with Gasteiger partial charge < -0.3 is 14.6 Å². The van der Waals surface area contributed by atoms with Gasteiger partial charge in [0.25, 0.3) is 11.8 Å². The van der Waals surface area contributed by atoms with Gasteiger partial charge in [0.2, 0.25) is 0 Å². The number of halogens is 2. The third-order valence-corrected chi connectivity index (χ3v) is 5.16. The first kappa shape index (κ1) is 18.6. The molecule has 1 aliphatic heterocycles. The molecule has 0 unspecified atom stereocenters. The summed E-state index contributed by atoms with van der Waals surface area (Å²) in [5, 5.41) is 3.57. The summed E-state index contributed by atoms with van der Waals surface area (Å²) in [6.07, 6.45) is 3.21. The van der Waals surface area contributed by atoms with Gasteiger partial charge >= 0.3 is 0 Å². The SMILES string of the molecule is O=C(Nc1ccc2c(c1)N(C(=O)c1ccco1)CCC2)c1ccc(Cl)cc1Cl. The Bertz CT molecular complexity index is 1050. The number of fused-ring (bicyclic) bond motifs is 1. The van der Waals surface area contributed by atoms with Gasteiger partial charge in [0.1, 0.15) is 0 Å². The zero-order valence-corrected chi connectivity index (χ0v) is 16.3. The molecule has 0 spiro atoms. The third kappa shape index (κ3) is 3.63. The van der Waals surface area contributed by atoms with E-state index in [2.05, 4.69) is 5.32 Å². The van der Waals surface area contributed by atoms with Gasteiger partial charge in [-0.3, -0.25) is 9.59 Å². The van der Waals surface area contributed by atoms with Crippen molar-refractivity contribution >= 4 is 46.4 Å². The van der Waals surface area contributed by atoms with Crippen LogP contribution in [0.3, 0.4) is 0 Å². The van der Waals surface area contributed by atoms with Crippen molar-refractivity contribution in [1.29, 1.82) is 0 Å². The second-order valence-electron chi connectivity index (χ2n) is 6.46. The standard InChI is InChI=1S/C21H16Cl2N2O3/c22-14-6-8-16(17(23)11-14)20(26)24-15-7-5-13-3-1-9-25(18(13)12-15)21(27)19-4-2-10-28-19/h2,4-8,10-12H,1,3,9H2,(H,24,26). The molecule has 142 valence electrons. The summed E-state index contributed by atoms with van der Waals surface area (Å²) in [7, 11) is 0. The Labute approximate surface area is 171 Å². The van der Waals surface area contributed by atoms with E-state index in [4.69, 9.17) is 27.6 Å². The highest BCUT2D eigenvalue weighted by Crippen LogP contribution is 2.32. The first-order chi connectivity index (χ1) is 13.5. The largest absolute Gasteiger partial charge is 0.459 e. The minimum absolute atomic E-state index is 0.199. The van der Waals surface area contributed by atoms with Gasteiger partial charge in [-0.25, -0.2) is 0 Å². The maximum atomic E-state index is 12.8. The number of hydrogen-bond donors (Lipinski definition) is 1. The van der Waals surface area contributed by atoms with Gasteiger partial charge in [-0.1, -0.05) is 29.3 Å². The summed E-state index contributed by atoms with van der Waals surface area (Å²) in [5.41, 5.74) is 2.72. The van der Waals surface area contributed by atoms with Crippen molar-refractivity contribution in [1.82, 2.24) is 0 Å². The molecular formula is C21H16Cl2N2O3. The van der Waals surface area contributed by atoms with Gasteiger partial charge in [0.15, 0.2) is 5.76 Å². The lowest BCUT2D eigenvalue weighted by molar-refractivity contribution is 0.0958. The Morgan fingerprint density at radius 1 is 1.07 bits per heavy atom. The molecule has 0 radical (unpaired) electrons. The fraction of sp³-hybridized carbons (Fsp3) is 0.143. The molecule has 2 aromatic carbocycles. The molecule has 0 fully saturated rings. The minimum Gasteiger partial charge on any atom is -0.459 e. The number of nitrogens with one attached hydrogen (secondary N) is 1. The maximum absolute atomic E-state index is 12.8. The van der Waals surface area contributed by atoms with E-state index in [0.29, 0.717) is 22.8 Å². The monoisotopic (exact) mass is 414 g/mol. The number of aryl methyl sites for hydroxylation is 1. The van der Waals surface area contributed by atoms with Crippen molar-refractivity contribution in [2.24, 2.45) is 0 Å². The van der Waals surface area contributed by atoms with Crippen LogP contribution in [0.4, 0.5) is 11.4 Å². The normalized spacial score (nSPS) is 13.1. The van der Waals surface area contributed by atoms with Crippen LogP contribution in [0.15, 0.2) is 59.2 Å². The zero-order valence-electron chi connectivity index (χ0n) is 14.7. The molecule has 1 aliphatic rings. The van der Waals surface area contributed by atoms with Crippen LogP contribution in [0.1, 0.15) is 32.9 Å². The van der Waals surface area contributed by atoms with Gasteiger partial charge in [-0.05, 0) is 60.9 Å². The molecule has 0 aliphatic carbocycles. The number of anilines is 2. The molecule has 2 amide bonds. The van der Waals surface area contributed by atoms with Crippen molar-refractivity contribution in [2.75, 3.05) is 16.8 Å². The van der Waals surface area contributed by atoms with E-state index in [-0.39, 0.29) is 22.6 Å². The van der Waals surface area contributed by atoms with Crippen molar-refractivity contribution in [3.63, 3.8) is 0 Å². The van der Waals surface area contributed by atoms with Crippen LogP contribution in [-0.2, 0) is 6.42 Å². The molecule has 7 heteroatoms. The summed E-state index contributed by atoms with van der Waals surface area (Å²) in [5.74, 6) is -0.258. The predicted octanol–water partition coefficient (Wildman–Crippen LogP) is 5.43. The highest BCUT2D eigenvalue weighted by Gasteiger charge is 2.25. The van der Waals surface area contributed by atoms with E-state index in [1.54, 1.807) is 35.2 Å². The van der Waals surface area contributed by atoms with Crippen LogP contribution < -0.4 is 10.2 Å². The first-order valence-electron chi connectivity index (χ1n) is 8.77. The Morgan fingerprint density at radius 2 is 1.93 bits per heavy atom. The maximum Gasteiger partial charge on any atom is 0.293 e. The molecule has 4 rings (SSSR count). The molecule has 1 aromatic heterocycles. The lowest BCUT2D eigenvalue weighted by Crippen LogP contribution is -2.35. The van der Waals surface area contributed by atoms with Gasteiger partial charge in [0, 0.05) is 22.9 Å². The van der Waals surface area contributed by atoms with Crippen LogP contribution in [0, 0.1) is 0 Å². The number of carbonyl (C=O) groups is 2. The second-order valence-corrected chi connectivity index (χ2v) is 7.30. The molecular weight excluding hydrogens is 399 g/mol. The number of amides is 2. The fourth-order valence-electron chi connectivity index (χ4n) is 3.27. The van der Waals surface area contributed by atoms with E-state index >= 15 is 0 Å². The minimum atomic E-state index is -0.346. The molecule has 5 nitrogen and oxygen atoms in total. The molecule has 0 atom stereocenters. The predicted molar refractivity (Wildman–Crippen MR) is 110 cm³/mol. The quantitative estimate of drug-likeness (QED) is 0.621. The van der Waals surface area contributed by atoms with Gasteiger partial charge in [-0.15, -0.1) is 0 Å². The second kappa shape index (κ2) is 7.70. The van der Waals surface area contributed by atoms with Gasteiger partial charge in [0.05, 0.1) is 16.8 Å². The Balaban J connectivity index is 1.61. The van der Waals surface area contributed by atoms with E-state index in [9.17, 15) is 9.59 Å². The summed E-state index contributed by atoms with van der Waals surface area (Å²) in [4.78, 5) is 27.0. The summed E-state index contributed by atoms with van der Waals surface area (Å²) in [6.45, 7) is 0.590. The first-order valence-corrected chi connectivity index (χ1v) is 9.53. The number of nitrogens with zero attached hydrogens (tertiary/aromatic N) is 1. The highest BCUT2D eigenvalue weighted by atomic mass is 35.5. The van der Waals surface area contributed by atoms with Crippen LogP contribution in [0.25, 0.3) is 0 Å². The molecule has 0 saturated heterocycles. The topological polar surface area (TPSA) is 62.6 Å². The molecule has 0 bridgehead atoms. The van der Waals surface area contributed by atoms with E-state index in [0.717, 1.165) is 24.1 Å².